The minimum Gasteiger partial charge on any atom is -0.381 e. The predicted octanol–water partition coefficient (Wildman–Crippen LogP) is 3.73. The average molecular weight is 317 g/mol. The molecule has 0 aliphatic rings. The molecule has 0 saturated carbocycles. The van der Waals surface area contributed by atoms with Gasteiger partial charge < -0.3 is 5.32 Å². The highest BCUT2D eigenvalue weighted by molar-refractivity contribution is 6.31. The van der Waals surface area contributed by atoms with Crippen molar-refractivity contribution in [2.75, 3.05) is 5.32 Å². The molecule has 0 radical (unpaired) electrons. The van der Waals surface area contributed by atoms with Crippen molar-refractivity contribution in [3.05, 3.63) is 77.1 Å². The molecule has 0 fully saturated rings. The van der Waals surface area contributed by atoms with Crippen molar-refractivity contribution in [2.24, 2.45) is 0 Å². The van der Waals surface area contributed by atoms with Gasteiger partial charge in [0.15, 0.2) is 0 Å². The normalized spacial score (nSPS) is 10.6. The minimum atomic E-state index is -0.406. The van der Waals surface area contributed by atoms with E-state index >= 15 is 0 Å². The zero-order valence-electron chi connectivity index (χ0n) is 11.7. The van der Waals surface area contributed by atoms with E-state index < -0.39 is 5.82 Å². The van der Waals surface area contributed by atoms with Gasteiger partial charge >= 0.3 is 0 Å². The Bertz CT molecular complexity index is 759. The summed E-state index contributed by atoms with van der Waals surface area (Å²) in [7, 11) is 0. The molecule has 3 aromatic rings. The molecule has 0 aliphatic carbocycles. The van der Waals surface area contributed by atoms with E-state index in [4.69, 9.17) is 11.6 Å². The lowest BCUT2D eigenvalue weighted by atomic mass is 10.1. The largest absolute Gasteiger partial charge is 0.381 e. The molecule has 0 spiro atoms. The topological polar surface area (TPSA) is 42.7 Å². The maximum Gasteiger partial charge on any atom is 0.142 e. The van der Waals surface area contributed by atoms with Crippen LogP contribution in [-0.2, 0) is 13.1 Å². The van der Waals surface area contributed by atoms with Gasteiger partial charge in [-0.3, -0.25) is 0 Å². The number of halogens is 2. The molecule has 0 amide bonds. The Morgan fingerprint density at radius 2 is 1.91 bits per heavy atom. The third-order valence-electron chi connectivity index (χ3n) is 3.32. The van der Waals surface area contributed by atoms with Crippen LogP contribution in [0.4, 0.5) is 10.1 Å². The lowest BCUT2D eigenvalue weighted by molar-refractivity contribution is 0.626. The summed E-state index contributed by atoms with van der Waals surface area (Å²) in [5.74, 6) is -0.406. The summed E-state index contributed by atoms with van der Waals surface area (Å²) in [6, 6.07) is 12.7. The molecule has 1 aromatic heterocycles. The molecule has 2 aromatic carbocycles. The Balaban J connectivity index is 1.76. The van der Waals surface area contributed by atoms with E-state index in [2.05, 4.69) is 15.4 Å². The first-order valence-corrected chi connectivity index (χ1v) is 7.19. The summed E-state index contributed by atoms with van der Waals surface area (Å²) in [6.45, 7) is 1.06. The SMILES string of the molecule is Fc1cccc(CNc2ccccc2Cn2cncn2)c1Cl. The lowest BCUT2D eigenvalue weighted by Crippen LogP contribution is -2.07. The summed E-state index contributed by atoms with van der Waals surface area (Å²) in [6.07, 6.45) is 3.17. The first-order chi connectivity index (χ1) is 10.7. The van der Waals surface area contributed by atoms with Crippen LogP contribution < -0.4 is 5.32 Å². The minimum absolute atomic E-state index is 0.156. The Kier molecular flexibility index (Phi) is 4.34. The fraction of sp³-hybridized carbons (Fsp3) is 0.125. The molecule has 112 valence electrons. The molecule has 0 unspecified atom stereocenters. The van der Waals surface area contributed by atoms with Crippen molar-refractivity contribution >= 4 is 17.3 Å². The Morgan fingerprint density at radius 3 is 2.73 bits per heavy atom. The van der Waals surface area contributed by atoms with E-state index in [1.165, 1.54) is 12.4 Å². The second kappa shape index (κ2) is 6.58. The van der Waals surface area contributed by atoms with E-state index in [-0.39, 0.29) is 5.02 Å². The van der Waals surface area contributed by atoms with Crippen LogP contribution in [0.15, 0.2) is 55.1 Å². The smallest absolute Gasteiger partial charge is 0.142 e. The summed E-state index contributed by atoms with van der Waals surface area (Å²) < 4.78 is 15.2. The first kappa shape index (κ1) is 14.5. The number of para-hydroxylation sites is 1. The predicted molar refractivity (Wildman–Crippen MR) is 84.3 cm³/mol. The highest BCUT2D eigenvalue weighted by Gasteiger charge is 2.07. The van der Waals surface area contributed by atoms with Crippen LogP contribution in [0.3, 0.4) is 0 Å². The number of hydrogen-bond donors (Lipinski definition) is 1. The van der Waals surface area contributed by atoms with E-state index in [1.54, 1.807) is 23.1 Å². The van der Waals surface area contributed by atoms with Crippen molar-refractivity contribution in [3.8, 4) is 0 Å². The third kappa shape index (κ3) is 3.26. The van der Waals surface area contributed by atoms with Gasteiger partial charge in [-0.2, -0.15) is 5.10 Å². The van der Waals surface area contributed by atoms with Gasteiger partial charge in [-0.25, -0.2) is 14.1 Å². The molecule has 1 heterocycles. The fourth-order valence-corrected chi connectivity index (χ4v) is 2.39. The summed E-state index contributed by atoms with van der Waals surface area (Å²) >= 11 is 5.98. The van der Waals surface area contributed by atoms with E-state index in [0.29, 0.717) is 13.1 Å². The van der Waals surface area contributed by atoms with Crippen LogP contribution >= 0.6 is 11.6 Å². The molecular formula is C16H14ClFN4. The van der Waals surface area contributed by atoms with Crippen molar-refractivity contribution in [1.29, 1.82) is 0 Å². The van der Waals surface area contributed by atoms with E-state index in [1.807, 2.05) is 24.3 Å². The van der Waals surface area contributed by atoms with E-state index in [9.17, 15) is 4.39 Å². The Morgan fingerprint density at radius 1 is 1.09 bits per heavy atom. The standard InChI is InChI=1S/C16H14ClFN4/c17-16-12(5-3-6-14(16)18)8-20-15-7-2-1-4-13(15)9-22-11-19-10-21-22/h1-7,10-11,20H,8-9H2. The number of anilines is 1. The van der Waals surface area contributed by atoms with Gasteiger partial charge in [-0.15, -0.1) is 0 Å². The molecule has 1 N–H and O–H groups in total. The number of nitrogens with zero attached hydrogens (tertiary/aromatic N) is 3. The van der Waals surface area contributed by atoms with Crippen LogP contribution in [-0.4, -0.2) is 14.8 Å². The quantitative estimate of drug-likeness (QED) is 0.780. The highest BCUT2D eigenvalue weighted by Crippen LogP contribution is 2.22. The summed E-state index contributed by atoms with van der Waals surface area (Å²) in [5, 5.41) is 7.56. The van der Waals surface area contributed by atoms with Gasteiger partial charge in [-0.05, 0) is 23.3 Å². The summed E-state index contributed by atoms with van der Waals surface area (Å²) in [4.78, 5) is 3.94. The highest BCUT2D eigenvalue weighted by atomic mass is 35.5. The number of benzene rings is 2. The summed E-state index contributed by atoms with van der Waals surface area (Å²) in [5.41, 5.74) is 2.75. The van der Waals surface area contributed by atoms with Crippen LogP contribution in [0.25, 0.3) is 0 Å². The van der Waals surface area contributed by atoms with Crippen molar-refractivity contribution < 1.29 is 4.39 Å². The molecule has 3 rings (SSSR count). The van der Waals surface area contributed by atoms with Crippen molar-refractivity contribution in [1.82, 2.24) is 14.8 Å². The average Bonchev–Trinajstić information content (AvgIpc) is 3.03. The zero-order valence-corrected chi connectivity index (χ0v) is 12.5. The van der Waals surface area contributed by atoms with Gasteiger partial charge in [0, 0.05) is 12.2 Å². The number of rotatable bonds is 5. The number of nitrogens with one attached hydrogen (secondary N) is 1. The molecule has 4 nitrogen and oxygen atoms in total. The molecule has 22 heavy (non-hydrogen) atoms. The molecule has 6 heteroatoms. The molecule has 0 bridgehead atoms. The number of aromatic nitrogens is 3. The Hall–Kier alpha value is -2.40. The van der Waals surface area contributed by atoms with Gasteiger partial charge in [0.2, 0.25) is 0 Å². The zero-order chi connectivity index (χ0) is 15.4. The fourth-order valence-electron chi connectivity index (χ4n) is 2.19. The van der Waals surface area contributed by atoms with Gasteiger partial charge in [0.25, 0.3) is 0 Å². The van der Waals surface area contributed by atoms with Crippen molar-refractivity contribution in [3.63, 3.8) is 0 Å². The molecule has 0 aliphatic heterocycles. The first-order valence-electron chi connectivity index (χ1n) is 6.81. The molecule has 0 saturated heterocycles. The molecule has 0 atom stereocenters. The third-order valence-corrected chi connectivity index (χ3v) is 3.74. The maximum atomic E-state index is 13.5. The van der Waals surface area contributed by atoms with Crippen LogP contribution in [0.2, 0.25) is 5.02 Å². The van der Waals surface area contributed by atoms with Crippen LogP contribution in [0, 0.1) is 5.82 Å². The van der Waals surface area contributed by atoms with Gasteiger partial charge in [-0.1, -0.05) is 41.9 Å². The molecular weight excluding hydrogens is 303 g/mol. The van der Waals surface area contributed by atoms with Gasteiger partial charge in [0.05, 0.1) is 11.6 Å². The lowest BCUT2D eigenvalue weighted by Gasteiger charge is -2.13. The van der Waals surface area contributed by atoms with E-state index in [0.717, 1.165) is 16.8 Å². The second-order valence-corrected chi connectivity index (χ2v) is 5.19. The van der Waals surface area contributed by atoms with Gasteiger partial charge in [0.1, 0.15) is 18.5 Å². The van der Waals surface area contributed by atoms with Crippen LogP contribution in [0.5, 0.6) is 0 Å². The van der Waals surface area contributed by atoms with Crippen LogP contribution in [0.1, 0.15) is 11.1 Å². The second-order valence-electron chi connectivity index (χ2n) is 4.82. The van der Waals surface area contributed by atoms with Crippen molar-refractivity contribution in [2.45, 2.75) is 13.1 Å². The monoisotopic (exact) mass is 316 g/mol. The number of hydrogen-bond acceptors (Lipinski definition) is 3. The Labute approximate surface area is 132 Å². The maximum absolute atomic E-state index is 13.5.